The van der Waals surface area contributed by atoms with Crippen LogP contribution in [0.1, 0.15) is 49.7 Å². The van der Waals surface area contributed by atoms with E-state index in [9.17, 15) is 34.5 Å². The lowest BCUT2D eigenvalue weighted by Crippen LogP contribution is -2.40. The number of likely N-dealkylation sites (tertiary alicyclic amines) is 1. The van der Waals surface area contributed by atoms with Crippen LogP contribution >= 0.6 is 0 Å². The first-order chi connectivity index (χ1) is 15.6. The fourth-order valence-corrected chi connectivity index (χ4v) is 4.30. The number of aliphatic carboxylic acids is 3. The minimum Gasteiger partial charge on any atom is -0.508 e. The van der Waals surface area contributed by atoms with Gasteiger partial charge >= 0.3 is 17.9 Å². The number of rotatable bonds is 9. The van der Waals surface area contributed by atoms with Crippen LogP contribution in [0, 0.1) is 5.92 Å². The Balaban J connectivity index is 1.70. The van der Waals surface area contributed by atoms with Crippen molar-refractivity contribution in [2.45, 2.75) is 50.5 Å². The monoisotopic (exact) mass is 462 g/mol. The summed E-state index contributed by atoms with van der Waals surface area (Å²) in [6, 6.07) is 4.52. The van der Waals surface area contributed by atoms with Gasteiger partial charge in [-0.2, -0.15) is 0 Å². The number of aryl methyl sites for hydroxylation is 1. The zero-order chi connectivity index (χ0) is 24.2. The molecule has 2 aliphatic rings. The zero-order valence-corrected chi connectivity index (χ0v) is 17.9. The fourth-order valence-electron chi connectivity index (χ4n) is 4.30. The molecule has 1 amide bonds. The number of carbonyl (C=O) groups is 4. The molecule has 0 spiro atoms. The second-order valence-corrected chi connectivity index (χ2v) is 8.46. The summed E-state index contributed by atoms with van der Waals surface area (Å²) in [5, 5.41) is 41.4. The minimum atomic E-state index is -1.53. The Morgan fingerprint density at radius 3 is 2.27 bits per heavy atom. The fraction of sp³-hybridized carbons (Fsp3) is 0.500. The van der Waals surface area contributed by atoms with Gasteiger partial charge in [0.25, 0.3) is 0 Å². The molecule has 1 saturated heterocycles. The number of carboxylic acids is 3. The molecule has 0 unspecified atom stereocenters. The van der Waals surface area contributed by atoms with Gasteiger partial charge in [-0.1, -0.05) is 11.2 Å². The highest BCUT2D eigenvalue weighted by Crippen LogP contribution is 2.35. The summed E-state index contributed by atoms with van der Waals surface area (Å²) in [4.78, 5) is 53.2. The molecule has 0 radical (unpaired) electrons. The van der Waals surface area contributed by atoms with Crippen LogP contribution in [0.15, 0.2) is 23.4 Å². The molecule has 0 aromatic heterocycles. The van der Waals surface area contributed by atoms with Gasteiger partial charge in [0, 0.05) is 31.5 Å². The van der Waals surface area contributed by atoms with E-state index >= 15 is 0 Å². The maximum atomic E-state index is 12.6. The smallest absolute Gasteiger partial charge is 0.307 e. The van der Waals surface area contributed by atoms with Gasteiger partial charge in [-0.3, -0.25) is 19.2 Å². The van der Waals surface area contributed by atoms with Gasteiger partial charge in [0.2, 0.25) is 5.91 Å². The summed E-state index contributed by atoms with van der Waals surface area (Å²) in [5.74, 6) is -3.91. The highest BCUT2D eigenvalue weighted by atomic mass is 16.7. The van der Waals surface area contributed by atoms with E-state index < -0.39 is 42.3 Å². The predicted molar refractivity (Wildman–Crippen MR) is 113 cm³/mol. The van der Waals surface area contributed by atoms with Crippen LogP contribution < -0.4 is 0 Å². The maximum absolute atomic E-state index is 12.6. The van der Waals surface area contributed by atoms with E-state index in [0.717, 1.165) is 0 Å². The lowest BCUT2D eigenvalue weighted by molar-refractivity contribution is -0.151. The molecule has 33 heavy (non-hydrogen) atoms. The average molecular weight is 462 g/mol. The average Bonchev–Trinajstić information content (AvgIpc) is 3.14. The number of phenols is 1. The van der Waals surface area contributed by atoms with Gasteiger partial charge in [-0.15, -0.1) is 0 Å². The van der Waals surface area contributed by atoms with E-state index in [2.05, 4.69) is 5.16 Å². The van der Waals surface area contributed by atoms with Gasteiger partial charge in [0.1, 0.15) is 5.75 Å². The van der Waals surface area contributed by atoms with Crippen molar-refractivity contribution in [1.29, 1.82) is 0 Å². The van der Waals surface area contributed by atoms with Gasteiger partial charge in [-0.05, 0) is 37.0 Å². The number of aromatic hydroxyl groups is 1. The van der Waals surface area contributed by atoms with Crippen molar-refractivity contribution >= 4 is 29.5 Å². The molecule has 0 aliphatic carbocycles. The number of amides is 1. The second kappa shape index (κ2) is 9.88. The maximum Gasteiger partial charge on any atom is 0.307 e. The van der Waals surface area contributed by atoms with Crippen LogP contribution in [-0.2, 0) is 30.4 Å². The van der Waals surface area contributed by atoms with Crippen molar-refractivity contribution in [2.75, 3.05) is 13.1 Å². The normalized spacial score (nSPS) is 17.8. The number of carbonyl (C=O) groups excluding carboxylic acids is 1. The molecule has 1 aromatic carbocycles. The van der Waals surface area contributed by atoms with E-state index in [1.165, 1.54) is 12.1 Å². The molecule has 1 aromatic rings. The lowest BCUT2D eigenvalue weighted by Gasteiger charge is -2.30. The van der Waals surface area contributed by atoms with Crippen molar-refractivity contribution in [3.8, 4) is 5.75 Å². The van der Waals surface area contributed by atoms with E-state index in [0.29, 0.717) is 49.2 Å². The Kier molecular flexibility index (Phi) is 7.19. The molecule has 11 heteroatoms. The predicted octanol–water partition coefficient (Wildman–Crippen LogP) is 1.46. The third-order valence-corrected chi connectivity index (χ3v) is 6.00. The van der Waals surface area contributed by atoms with Crippen LogP contribution in [0.5, 0.6) is 5.75 Å². The number of oxime groups is 1. The standard InChI is InChI=1S/C22H26N2O9/c25-15-3-1-13(2-4-18(26)24-7-5-14(6-8-24)21(31)32)16(9-15)17-10-22(33-23-17,11-19(27)28)12-20(29)30/h1,3,9,14,25H,2,4-8,10-12H2,(H,27,28)(H,29,30)(H,31,32). The van der Waals surface area contributed by atoms with Crippen molar-refractivity contribution in [2.24, 2.45) is 11.1 Å². The van der Waals surface area contributed by atoms with E-state index in [1.54, 1.807) is 11.0 Å². The van der Waals surface area contributed by atoms with Crippen LogP contribution in [0.4, 0.5) is 0 Å². The minimum absolute atomic E-state index is 0.0625. The second-order valence-electron chi connectivity index (χ2n) is 8.46. The molecule has 0 bridgehead atoms. The molecule has 2 heterocycles. The summed E-state index contributed by atoms with van der Waals surface area (Å²) in [5.41, 5.74) is -0.0893. The highest BCUT2D eigenvalue weighted by Gasteiger charge is 2.44. The third kappa shape index (κ3) is 5.99. The first-order valence-corrected chi connectivity index (χ1v) is 10.6. The molecule has 11 nitrogen and oxygen atoms in total. The molecule has 0 atom stereocenters. The Labute approximate surface area is 189 Å². The van der Waals surface area contributed by atoms with Crippen LogP contribution in [0.2, 0.25) is 0 Å². The topological polar surface area (TPSA) is 174 Å². The van der Waals surface area contributed by atoms with Gasteiger partial charge in [-0.25, -0.2) is 0 Å². The number of nitrogens with zero attached hydrogens (tertiary/aromatic N) is 2. The largest absolute Gasteiger partial charge is 0.508 e. The summed E-state index contributed by atoms with van der Waals surface area (Å²) in [6.45, 7) is 0.761. The summed E-state index contributed by atoms with van der Waals surface area (Å²) < 4.78 is 0. The number of hydrogen-bond donors (Lipinski definition) is 4. The lowest BCUT2D eigenvalue weighted by atomic mass is 9.86. The molecule has 178 valence electrons. The molecule has 2 aliphatic heterocycles. The molecular weight excluding hydrogens is 436 g/mol. The number of piperidine rings is 1. The summed E-state index contributed by atoms with van der Waals surface area (Å²) in [7, 11) is 0. The number of carboxylic acid groups (broad SMARTS) is 3. The van der Waals surface area contributed by atoms with Crippen molar-refractivity contribution in [3.05, 3.63) is 29.3 Å². The number of benzene rings is 1. The molecule has 1 fully saturated rings. The Morgan fingerprint density at radius 1 is 1.06 bits per heavy atom. The SMILES string of the molecule is O=C(O)CC1(CC(=O)O)CC(c2cc(O)ccc2CCC(=O)N2CCC(C(=O)O)CC2)=NO1. The van der Waals surface area contributed by atoms with Crippen LogP contribution in [0.25, 0.3) is 0 Å². The molecular formula is C22H26N2O9. The first-order valence-electron chi connectivity index (χ1n) is 10.6. The number of phenolic OH excluding ortho intramolecular Hbond substituents is 1. The van der Waals surface area contributed by atoms with E-state index in [1.807, 2.05) is 0 Å². The molecule has 4 N–H and O–H groups in total. The Hall–Kier alpha value is -3.63. The highest BCUT2D eigenvalue weighted by molar-refractivity contribution is 6.04. The molecule has 0 saturated carbocycles. The summed E-state index contributed by atoms with van der Waals surface area (Å²) in [6.07, 6.45) is 0.106. The number of hydrogen-bond acceptors (Lipinski definition) is 7. The Morgan fingerprint density at radius 2 is 1.70 bits per heavy atom. The van der Waals surface area contributed by atoms with E-state index in [4.69, 9.17) is 9.94 Å². The van der Waals surface area contributed by atoms with Crippen molar-refractivity contribution in [1.82, 2.24) is 4.90 Å². The Bertz CT molecular complexity index is 964. The van der Waals surface area contributed by atoms with Gasteiger partial charge < -0.3 is 30.2 Å². The first kappa shape index (κ1) is 24.0. The van der Waals surface area contributed by atoms with E-state index in [-0.39, 0.29) is 24.5 Å². The quantitative estimate of drug-likeness (QED) is 0.423. The molecule has 3 rings (SSSR count). The van der Waals surface area contributed by atoms with Gasteiger partial charge in [0.05, 0.1) is 24.5 Å². The van der Waals surface area contributed by atoms with Crippen molar-refractivity contribution < 1.29 is 44.4 Å². The summed E-state index contributed by atoms with van der Waals surface area (Å²) >= 11 is 0. The third-order valence-electron chi connectivity index (χ3n) is 6.00. The zero-order valence-electron chi connectivity index (χ0n) is 17.9. The van der Waals surface area contributed by atoms with Crippen molar-refractivity contribution in [3.63, 3.8) is 0 Å². The van der Waals surface area contributed by atoms with Gasteiger partial charge in [0.15, 0.2) is 5.60 Å². The van der Waals surface area contributed by atoms with Crippen LogP contribution in [0.3, 0.4) is 0 Å². The van der Waals surface area contributed by atoms with Crippen LogP contribution in [-0.4, -0.2) is 73.5 Å².